The predicted octanol–water partition coefficient (Wildman–Crippen LogP) is 3.67. The van der Waals surface area contributed by atoms with E-state index >= 15 is 0 Å². The van der Waals surface area contributed by atoms with Crippen molar-refractivity contribution in [1.82, 2.24) is 0 Å². The smallest absolute Gasteiger partial charge is 0.330 e. The van der Waals surface area contributed by atoms with Crippen LogP contribution in [0.3, 0.4) is 0 Å². The molecule has 0 bridgehead atoms. The third-order valence-electron chi connectivity index (χ3n) is 5.42. The lowest BCUT2D eigenvalue weighted by molar-refractivity contribution is -0.134. The van der Waals surface area contributed by atoms with Crippen molar-refractivity contribution in [2.75, 3.05) is 7.11 Å². The fraction of sp³-hybridized carbons (Fsp3) is 0.684. The molecular weight excluding hydrogens is 290 g/mol. The maximum Gasteiger partial charge on any atom is 0.330 e. The first-order valence-corrected chi connectivity index (χ1v) is 8.62. The molecular formula is C19H27NO3. The summed E-state index contributed by atoms with van der Waals surface area (Å²) in [5.74, 6) is -0.264. The Kier molecular flexibility index (Phi) is 5.64. The van der Waals surface area contributed by atoms with Crippen molar-refractivity contribution >= 4 is 5.97 Å². The van der Waals surface area contributed by atoms with Gasteiger partial charge in [-0.25, -0.2) is 4.79 Å². The number of esters is 1. The van der Waals surface area contributed by atoms with E-state index in [0.717, 1.165) is 44.1 Å². The van der Waals surface area contributed by atoms with E-state index in [0.29, 0.717) is 6.42 Å². The van der Waals surface area contributed by atoms with E-state index in [-0.39, 0.29) is 5.92 Å². The molecule has 1 unspecified atom stereocenters. The van der Waals surface area contributed by atoms with Crippen LogP contribution in [0, 0.1) is 22.7 Å². The van der Waals surface area contributed by atoms with Gasteiger partial charge in [-0.15, -0.1) is 0 Å². The van der Waals surface area contributed by atoms with Crippen molar-refractivity contribution in [3.05, 3.63) is 23.8 Å². The van der Waals surface area contributed by atoms with Crippen molar-refractivity contribution in [2.45, 2.75) is 63.9 Å². The monoisotopic (exact) mass is 317 g/mol. The molecule has 2 aliphatic rings. The average Bonchev–Trinajstić information content (AvgIpc) is 3.40. The number of allylic oxidation sites excluding steroid dienone is 2. The number of carbonyl (C=O) groups is 1. The highest BCUT2D eigenvalue weighted by Crippen LogP contribution is 2.59. The Morgan fingerprint density at radius 2 is 2.04 bits per heavy atom. The zero-order valence-corrected chi connectivity index (χ0v) is 14.2. The summed E-state index contributed by atoms with van der Waals surface area (Å²) in [6, 6.07) is 2.37. The highest BCUT2D eigenvalue weighted by molar-refractivity contribution is 5.83. The zero-order valence-electron chi connectivity index (χ0n) is 14.2. The van der Waals surface area contributed by atoms with E-state index in [2.05, 4.69) is 10.8 Å². The number of aliphatic hydroxyl groups is 1. The molecule has 0 aliphatic heterocycles. The van der Waals surface area contributed by atoms with Crippen LogP contribution >= 0.6 is 0 Å². The van der Waals surface area contributed by atoms with Gasteiger partial charge in [0.2, 0.25) is 0 Å². The average molecular weight is 317 g/mol. The van der Waals surface area contributed by atoms with Crippen molar-refractivity contribution in [2.24, 2.45) is 11.3 Å². The van der Waals surface area contributed by atoms with Crippen molar-refractivity contribution < 1.29 is 14.6 Å². The molecule has 2 fully saturated rings. The summed E-state index contributed by atoms with van der Waals surface area (Å²) in [6.07, 6.45) is 12.6. The standard InChI is InChI=1S/C19H27NO3/c1-3-15(13-17(21)23-2)9-10-19(22,18(14-20)11-12-18)16-7-5-4-6-8-16/h9-10,13,16,22H,3-8,11-12H2,1-2H3/b10-9+,15-13-. The van der Waals surface area contributed by atoms with Gasteiger partial charge in [0.25, 0.3) is 0 Å². The largest absolute Gasteiger partial charge is 0.466 e. The summed E-state index contributed by atoms with van der Waals surface area (Å²) >= 11 is 0. The van der Waals surface area contributed by atoms with Gasteiger partial charge in [-0.2, -0.15) is 5.26 Å². The minimum atomic E-state index is -1.09. The lowest BCUT2D eigenvalue weighted by Gasteiger charge is -2.40. The van der Waals surface area contributed by atoms with Crippen molar-refractivity contribution in [1.29, 1.82) is 5.26 Å². The third kappa shape index (κ3) is 3.67. The van der Waals surface area contributed by atoms with Crippen LogP contribution in [0.1, 0.15) is 58.3 Å². The first-order chi connectivity index (χ1) is 11.0. The van der Waals surface area contributed by atoms with E-state index < -0.39 is 17.0 Å². The van der Waals surface area contributed by atoms with Gasteiger partial charge in [-0.3, -0.25) is 0 Å². The first kappa shape index (κ1) is 17.7. The number of methoxy groups -OCH3 is 1. The lowest BCUT2D eigenvalue weighted by Crippen LogP contribution is -2.45. The highest BCUT2D eigenvalue weighted by atomic mass is 16.5. The zero-order chi connectivity index (χ0) is 16.9. The molecule has 0 amide bonds. The second kappa shape index (κ2) is 7.31. The van der Waals surface area contributed by atoms with Crippen LogP contribution in [0.4, 0.5) is 0 Å². The fourth-order valence-corrected chi connectivity index (χ4v) is 3.67. The number of nitriles is 1. The summed E-state index contributed by atoms with van der Waals surface area (Å²) in [7, 11) is 1.35. The van der Waals surface area contributed by atoms with Crippen molar-refractivity contribution in [3.8, 4) is 6.07 Å². The molecule has 0 radical (unpaired) electrons. The molecule has 4 heteroatoms. The molecule has 0 aromatic rings. The van der Waals surface area contributed by atoms with Gasteiger partial charge in [-0.05, 0) is 43.6 Å². The van der Waals surface area contributed by atoms with E-state index in [9.17, 15) is 15.2 Å². The van der Waals surface area contributed by atoms with Crippen molar-refractivity contribution in [3.63, 3.8) is 0 Å². The minimum Gasteiger partial charge on any atom is -0.466 e. The predicted molar refractivity (Wildman–Crippen MR) is 88.3 cm³/mol. The summed E-state index contributed by atoms with van der Waals surface area (Å²) in [6.45, 7) is 1.95. The molecule has 0 aromatic carbocycles. The van der Waals surface area contributed by atoms with Gasteiger partial charge >= 0.3 is 5.97 Å². The van der Waals surface area contributed by atoms with Gasteiger partial charge < -0.3 is 9.84 Å². The summed E-state index contributed by atoms with van der Waals surface area (Å²) < 4.78 is 4.67. The van der Waals surface area contributed by atoms with Crippen LogP contribution in [-0.2, 0) is 9.53 Å². The molecule has 0 spiro atoms. The normalized spacial score (nSPS) is 24.0. The Hall–Kier alpha value is -1.60. The summed E-state index contributed by atoms with van der Waals surface area (Å²) in [4.78, 5) is 11.4. The van der Waals surface area contributed by atoms with Crippen LogP contribution in [-0.4, -0.2) is 23.8 Å². The number of hydrogen-bond acceptors (Lipinski definition) is 4. The SMILES string of the molecule is CCC(=C/C(=O)OC)/C=C/C(O)(C1CCCCC1)C1(C#N)CC1. The minimum absolute atomic E-state index is 0.130. The molecule has 2 saturated carbocycles. The second-order valence-electron chi connectivity index (χ2n) is 6.78. The van der Waals surface area contributed by atoms with Crippen LogP contribution in [0.5, 0.6) is 0 Å². The highest BCUT2D eigenvalue weighted by Gasteiger charge is 2.61. The molecule has 2 aliphatic carbocycles. The number of rotatable bonds is 6. The lowest BCUT2D eigenvalue weighted by atomic mass is 9.68. The van der Waals surface area contributed by atoms with Gasteiger partial charge in [-0.1, -0.05) is 38.3 Å². The molecule has 0 saturated heterocycles. The molecule has 0 aromatic heterocycles. The fourth-order valence-electron chi connectivity index (χ4n) is 3.67. The number of ether oxygens (including phenoxy) is 1. The van der Waals surface area contributed by atoms with E-state index in [4.69, 9.17) is 0 Å². The summed E-state index contributed by atoms with van der Waals surface area (Å²) in [5.41, 5.74) is -0.929. The molecule has 1 N–H and O–H groups in total. The second-order valence-corrected chi connectivity index (χ2v) is 6.78. The Balaban J connectivity index is 2.28. The third-order valence-corrected chi connectivity index (χ3v) is 5.42. The Bertz CT molecular complexity index is 533. The maximum absolute atomic E-state index is 11.4. The Morgan fingerprint density at radius 3 is 2.52 bits per heavy atom. The number of hydrogen-bond donors (Lipinski definition) is 1. The van der Waals surface area contributed by atoms with Gasteiger partial charge in [0, 0.05) is 6.08 Å². The quantitative estimate of drug-likeness (QED) is 0.461. The van der Waals surface area contributed by atoms with Crippen LogP contribution < -0.4 is 0 Å². The molecule has 126 valence electrons. The van der Waals surface area contributed by atoms with E-state index in [1.54, 1.807) is 6.08 Å². The molecule has 23 heavy (non-hydrogen) atoms. The van der Waals surface area contributed by atoms with Gasteiger partial charge in [0.05, 0.1) is 18.6 Å². The summed E-state index contributed by atoms with van der Waals surface area (Å²) in [5, 5.41) is 21.0. The van der Waals surface area contributed by atoms with Crippen LogP contribution in [0.25, 0.3) is 0 Å². The Labute approximate surface area is 138 Å². The van der Waals surface area contributed by atoms with Gasteiger partial charge in [0.15, 0.2) is 0 Å². The molecule has 0 heterocycles. The van der Waals surface area contributed by atoms with Crippen LogP contribution in [0.15, 0.2) is 23.8 Å². The topological polar surface area (TPSA) is 70.3 Å². The van der Waals surface area contributed by atoms with Gasteiger partial charge in [0.1, 0.15) is 5.60 Å². The van der Waals surface area contributed by atoms with E-state index in [1.165, 1.54) is 19.6 Å². The molecule has 4 nitrogen and oxygen atoms in total. The number of nitrogens with zero attached hydrogens (tertiary/aromatic N) is 1. The van der Waals surface area contributed by atoms with E-state index in [1.807, 2.05) is 13.0 Å². The first-order valence-electron chi connectivity index (χ1n) is 8.62. The van der Waals surface area contributed by atoms with Crippen LogP contribution in [0.2, 0.25) is 0 Å². The maximum atomic E-state index is 11.4. The Morgan fingerprint density at radius 1 is 1.39 bits per heavy atom. The number of carbonyl (C=O) groups excluding carboxylic acids is 1. The molecule has 1 atom stereocenters. The molecule has 2 rings (SSSR count).